The Labute approximate surface area is 148 Å². The third-order valence-electron chi connectivity index (χ3n) is 4.86. The average molecular weight is 353 g/mol. The molecule has 1 aliphatic heterocycles. The van der Waals surface area contributed by atoms with Crippen LogP contribution in [0.5, 0.6) is 0 Å². The summed E-state index contributed by atoms with van der Waals surface area (Å²) >= 11 is 0. The minimum Gasteiger partial charge on any atom is -0.302 e. The van der Waals surface area contributed by atoms with Crippen molar-refractivity contribution >= 4 is 28.5 Å². The van der Waals surface area contributed by atoms with Crippen molar-refractivity contribution in [1.82, 2.24) is 9.55 Å². The normalized spacial score (nSPS) is 17.2. The lowest BCUT2D eigenvalue weighted by Gasteiger charge is -2.17. The van der Waals surface area contributed by atoms with Gasteiger partial charge >= 0.3 is 0 Å². The van der Waals surface area contributed by atoms with Crippen molar-refractivity contribution in [2.24, 2.45) is 0 Å². The molecular formula is C19H16FN3O3. The van der Waals surface area contributed by atoms with Crippen LogP contribution >= 0.6 is 0 Å². The maximum absolute atomic E-state index is 14.7. The predicted octanol–water partition coefficient (Wildman–Crippen LogP) is 2.47. The lowest BCUT2D eigenvalue weighted by molar-refractivity contribution is -0.120. The van der Waals surface area contributed by atoms with Gasteiger partial charge in [0.25, 0.3) is 17.4 Å². The van der Waals surface area contributed by atoms with E-state index in [0.29, 0.717) is 29.5 Å². The van der Waals surface area contributed by atoms with Gasteiger partial charge in [-0.15, -0.1) is 6.58 Å². The summed E-state index contributed by atoms with van der Waals surface area (Å²) in [6.45, 7) is 3.82. The van der Waals surface area contributed by atoms with Gasteiger partial charge in [-0.05, 0) is 31.7 Å². The molecule has 1 aromatic carbocycles. The third-order valence-corrected chi connectivity index (χ3v) is 4.86. The van der Waals surface area contributed by atoms with E-state index >= 15 is 0 Å². The molecule has 0 fully saturated rings. The van der Waals surface area contributed by atoms with Gasteiger partial charge in [0.1, 0.15) is 5.82 Å². The second-order valence-corrected chi connectivity index (χ2v) is 6.40. The predicted molar refractivity (Wildman–Crippen MR) is 94.1 cm³/mol. The molecule has 0 saturated heterocycles. The Morgan fingerprint density at radius 2 is 1.77 bits per heavy atom. The van der Waals surface area contributed by atoms with Crippen LogP contribution in [0, 0.1) is 5.82 Å². The van der Waals surface area contributed by atoms with Crippen LogP contribution in [0.2, 0.25) is 0 Å². The van der Waals surface area contributed by atoms with Crippen molar-refractivity contribution < 1.29 is 14.0 Å². The first-order valence-electron chi connectivity index (χ1n) is 8.43. The first-order chi connectivity index (χ1) is 12.5. The Kier molecular flexibility index (Phi) is 3.79. The van der Waals surface area contributed by atoms with Gasteiger partial charge in [0, 0.05) is 23.8 Å². The molecule has 0 spiro atoms. The van der Waals surface area contributed by atoms with Crippen LogP contribution in [0.15, 0.2) is 46.9 Å². The van der Waals surface area contributed by atoms with E-state index in [9.17, 15) is 18.8 Å². The van der Waals surface area contributed by atoms with Crippen LogP contribution in [-0.2, 0) is 16.1 Å². The molecule has 2 heterocycles. The molecule has 0 bridgehead atoms. The summed E-state index contributed by atoms with van der Waals surface area (Å²) in [5.74, 6) is -1.66. The summed E-state index contributed by atoms with van der Waals surface area (Å²) in [6, 6.07) is 2.48. The smallest absolute Gasteiger partial charge is 0.269 e. The molecule has 1 aliphatic carbocycles. The van der Waals surface area contributed by atoms with Crippen LogP contribution in [-0.4, -0.2) is 21.4 Å². The number of hydrogen-bond acceptors (Lipinski definition) is 4. The Morgan fingerprint density at radius 1 is 1.12 bits per heavy atom. The largest absolute Gasteiger partial charge is 0.302 e. The molecule has 26 heavy (non-hydrogen) atoms. The molecule has 6 nitrogen and oxygen atoms in total. The number of rotatable bonds is 3. The molecule has 0 unspecified atom stereocenters. The number of carbonyl (C=O) groups excluding carboxylic acids is 2. The van der Waals surface area contributed by atoms with Crippen molar-refractivity contribution in [3.05, 3.63) is 58.3 Å². The Balaban J connectivity index is 1.90. The lowest BCUT2D eigenvalue weighted by Crippen LogP contribution is -2.32. The number of allylic oxidation sites excluding steroid dienone is 1. The van der Waals surface area contributed by atoms with Crippen molar-refractivity contribution in [3.63, 3.8) is 0 Å². The van der Waals surface area contributed by atoms with E-state index in [1.807, 2.05) is 0 Å². The van der Waals surface area contributed by atoms with Crippen LogP contribution in [0.25, 0.3) is 11.0 Å². The molecule has 0 saturated carbocycles. The van der Waals surface area contributed by atoms with E-state index in [0.717, 1.165) is 30.0 Å². The standard InChI is InChI=1S/C19H16FN3O3/c1-2-7-22-16-9-15(13(20)8-14(16)21-10-17(22)24)23-18(25)11-5-3-4-6-12(11)19(23)26/h2,8-10H,1,3-7H2. The van der Waals surface area contributed by atoms with Gasteiger partial charge in [-0.3, -0.25) is 14.4 Å². The molecular weight excluding hydrogens is 337 g/mol. The molecule has 4 rings (SSSR count). The van der Waals surface area contributed by atoms with E-state index in [1.54, 1.807) is 0 Å². The van der Waals surface area contributed by atoms with E-state index in [1.165, 1.54) is 16.7 Å². The molecule has 2 aromatic rings. The topological polar surface area (TPSA) is 72.3 Å². The number of benzene rings is 1. The Hall–Kier alpha value is -3.09. The molecule has 0 radical (unpaired) electrons. The highest BCUT2D eigenvalue weighted by atomic mass is 19.1. The van der Waals surface area contributed by atoms with Crippen molar-refractivity contribution in [2.45, 2.75) is 32.2 Å². The molecule has 2 aliphatic rings. The molecule has 0 atom stereocenters. The van der Waals surface area contributed by atoms with Gasteiger partial charge < -0.3 is 4.57 Å². The average Bonchev–Trinajstić information content (AvgIpc) is 2.89. The maximum atomic E-state index is 14.7. The summed E-state index contributed by atoms with van der Waals surface area (Å²) in [5.41, 5.74) is 1.06. The number of fused-ring (bicyclic) bond motifs is 1. The zero-order valence-electron chi connectivity index (χ0n) is 14.0. The second-order valence-electron chi connectivity index (χ2n) is 6.40. The first-order valence-corrected chi connectivity index (χ1v) is 8.43. The van der Waals surface area contributed by atoms with E-state index in [2.05, 4.69) is 11.6 Å². The summed E-state index contributed by atoms with van der Waals surface area (Å²) < 4.78 is 16.1. The molecule has 7 heteroatoms. The summed E-state index contributed by atoms with van der Waals surface area (Å²) in [4.78, 5) is 42.3. The van der Waals surface area contributed by atoms with E-state index in [4.69, 9.17) is 0 Å². The Bertz CT molecular complexity index is 1040. The van der Waals surface area contributed by atoms with E-state index in [-0.39, 0.29) is 23.3 Å². The fourth-order valence-corrected chi connectivity index (χ4v) is 3.62. The SMILES string of the molecule is C=CCn1c(=O)cnc2cc(F)c(N3C(=O)C4=C(CCCC4)C3=O)cc21. The molecule has 1 aromatic heterocycles. The van der Waals surface area contributed by atoms with Crippen LogP contribution in [0.3, 0.4) is 0 Å². The zero-order chi connectivity index (χ0) is 18.4. The van der Waals surface area contributed by atoms with Crippen molar-refractivity contribution in [1.29, 1.82) is 0 Å². The summed E-state index contributed by atoms with van der Waals surface area (Å²) in [5, 5.41) is 0. The number of imide groups is 1. The number of amides is 2. The summed E-state index contributed by atoms with van der Waals surface area (Å²) in [6.07, 6.45) is 5.40. The van der Waals surface area contributed by atoms with Gasteiger partial charge in [0.2, 0.25) is 0 Å². The monoisotopic (exact) mass is 353 g/mol. The van der Waals surface area contributed by atoms with Crippen LogP contribution in [0.1, 0.15) is 25.7 Å². The maximum Gasteiger partial charge on any atom is 0.269 e. The van der Waals surface area contributed by atoms with Gasteiger partial charge in [0.15, 0.2) is 0 Å². The highest BCUT2D eigenvalue weighted by Gasteiger charge is 2.40. The number of nitrogens with zero attached hydrogens (tertiary/aromatic N) is 3. The highest BCUT2D eigenvalue weighted by Crippen LogP contribution is 2.37. The third kappa shape index (κ3) is 2.31. The highest BCUT2D eigenvalue weighted by molar-refractivity contribution is 6.33. The lowest BCUT2D eigenvalue weighted by atomic mass is 9.93. The van der Waals surface area contributed by atoms with Crippen molar-refractivity contribution in [3.8, 4) is 0 Å². The fraction of sp³-hybridized carbons (Fsp3) is 0.263. The first kappa shape index (κ1) is 16.4. The number of anilines is 1. The number of carbonyl (C=O) groups is 2. The van der Waals surface area contributed by atoms with E-state index < -0.39 is 17.6 Å². The fourth-order valence-electron chi connectivity index (χ4n) is 3.62. The van der Waals surface area contributed by atoms with Gasteiger partial charge in [0.05, 0.1) is 22.9 Å². The molecule has 132 valence electrons. The molecule has 0 N–H and O–H groups in total. The second kappa shape index (κ2) is 6.01. The minimum absolute atomic E-state index is 0.146. The van der Waals surface area contributed by atoms with Gasteiger partial charge in [-0.25, -0.2) is 14.3 Å². The number of aromatic nitrogens is 2. The minimum atomic E-state index is -0.727. The quantitative estimate of drug-likeness (QED) is 0.628. The summed E-state index contributed by atoms with van der Waals surface area (Å²) in [7, 11) is 0. The van der Waals surface area contributed by atoms with Crippen LogP contribution in [0.4, 0.5) is 10.1 Å². The van der Waals surface area contributed by atoms with Gasteiger partial charge in [-0.1, -0.05) is 6.08 Å². The van der Waals surface area contributed by atoms with Crippen LogP contribution < -0.4 is 10.5 Å². The Morgan fingerprint density at radius 3 is 2.38 bits per heavy atom. The number of halogens is 1. The van der Waals surface area contributed by atoms with Gasteiger partial charge in [-0.2, -0.15) is 0 Å². The molecule has 2 amide bonds. The van der Waals surface area contributed by atoms with Crippen molar-refractivity contribution in [2.75, 3.05) is 4.90 Å². The zero-order valence-corrected chi connectivity index (χ0v) is 14.0. The number of hydrogen-bond donors (Lipinski definition) is 0.